The zero-order valence-corrected chi connectivity index (χ0v) is 18.2. The minimum Gasteiger partial charge on any atom is -0.490 e. The lowest BCUT2D eigenvalue weighted by molar-refractivity contribution is -0.0189. The highest BCUT2D eigenvalue weighted by Gasteiger charge is 2.42. The largest absolute Gasteiger partial charge is 0.490 e. The normalized spacial score (nSPS) is 19.2. The van der Waals surface area contributed by atoms with Crippen LogP contribution in [0.25, 0.3) is 0 Å². The van der Waals surface area contributed by atoms with Crippen LogP contribution < -0.4 is 9.47 Å². The van der Waals surface area contributed by atoms with E-state index in [1.54, 1.807) is 12.1 Å². The zero-order chi connectivity index (χ0) is 21.4. The first-order chi connectivity index (χ1) is 15.1. The topological polar surface area (TPSA) is 34.1 Å². The highest BCUT2D eigenvalue weighted by Crippen LogP contribution is 2.50. The van der Waals surface area contributed by atoms with E-state index in [4.69, 9.17) is 37.8 Å². The average molecular weight is 451 g/mol. The van der Waals surface area contributed by atoms with E-state index < -0.39 is 6.23 Å². The SMILES string of the molecule is C=CCOc1ccc([C@@H]2Oc3c(Cl)cc(Cl)cc3[C@@H]3CC(c4ccccc4)=NN32)cc1. The van der Waals surface area contributed by atoms with Gasteiger partial charge in [0.25, 0.3) is 0 Å². The molecular formula is C25H20Cl2N2O2. The molecule has 2 aliphatic heterocycles. The van der Waals surface area contributed by atoms with Crippen LogP contribution in [0.2, 0.25) is 10.0 Å². The van der Waals surface area contributed by atoms with Crippen LogP contribution in [0, 0.1) is 0 Å². The summed E-state index contributed by atoms with van der Waals surface area (Å²) in [6.45, 7) is 4.14. The van der Waals surface area contributed by atoms with Gasteiger partial charge in [0.05, 0.1) is 16.8 Å². The molecule has 6 heteroatoms. The number of hydrogen-bond donors (Lipinski definition) is 0. The van der Waals surface area contributed by atoms with Gasteiger partial charge in [0.2, 0.25) is 6.23 Å². The Labute approximate surface area is 191 Å². The van der Waals surface area contributed by atoms with Gasteiger partial charge in [-0.05, 0) is 42.0 Å². The van der Waals surface area contributed by atoms with Gasteiger partial charge in [-0.25, -0.2) is 5.01 Å². The fraction of sp³-hybridized carbons (Fsp3) is 0.160. The molecular weight excluding hydrogens is 431 g/mol. The first-order valence-electron chi connectivity index (χ1n) is 10.0. The Bertz CT molecular complexity index is 1150. The van der Waals surface area contributed by atoms with Gasteiger partial charge in [-0.15, -0.1) is 0 Å². The van der Waals surface area contributed by atoms with Crippen LogP contribution in [0.1, 0.15) is 35.4 Å². The molecule has 0 saturated heterocycles. The molecule has 0 N–H and O–H groups in total. The van der Waals surface area contributed by atoms with Crippen LogP contribution in [0.4, 0.5) is 0 Å². The molecule has 3 aromatic carbocycles. The lowest BCUT2D eigenvalue weighted by Gasteiger charge is -2.38. The number of halogens is 2. The molecule has 0 unspecified atom stereocenters. The molecule has 2 heterocycles. The second-order valence-electron chi connectivity index (χ2n) is 7.46. The molecule has 31 heavy (non-hydrogen) atoms. The van der Waals surface area contributed by atoms with Gasteiger partial charge in [0, 0.05) is 22.6 Å². The van der Waals surface area contributed by atoms with E-state index in [9.17, 15) is 0 Å². The van der Waals surface area contributed by atoms with Crippen molar-refractivity contribution in [3.8, 4) is 11.5 Å². The van der Waals surface area contributed by atoms with Crippen molar-refractivity contribution in [2.45, 2.75) is 18.7 Å². The van der Waals surface area contributed by atoms with E-state index >= 15 is 0 Å². The number of ether oxygens (including phenoxy) is 2. The van der Waals surface area contributed by atoms with E-state index in [1.165, 1.54) is 0 Å². The summed E-state index contributed by atoms with van der Waals surface area (Å²) in [6, 6.07) is 21.6. The van der Waals surface area contributed by atoms with Crippen molar-refractivity contribution in [3.63, 3.8) is 0 Å². The van der Waals surface area contributed by atoms with E-state index in [0.717, 1.165) is 34.6 Å². The smallest absolute Gasteiger partial charge is 0.213 e. The summed E-state index contributed by atoms with van der Waals surface area (Å²) in [5.74, 6) is 1.44. The minimum absolute atomic E-state index is 0.0168. The first kappa shape index (κ1) is 20.0. The number of rotatable bonds is 5. The summed E-state index contributed by atoms with van der Waals surface area (Å²) >= 11 is 12.9. The van der Waals surface area contributed by atoms with E-state index in [2.05, 4.69) is 18.7 Å². The number of benzene rings is 3. The van der Waals surface area contributed by atoms with Crippen LogP contribution in [0.5, 0.6) is 11.5 Å². The molecule has 156 valence electrons. The van der Waals surface area contributed by atoms with Gasteiger partial charge in [-0.3, -0.25) is 0 Å². The molecule has 0 bridgehead atoms. The molecule has 3 aromatic rings. The Morgan fingerprint density at radius 1 is 1.10 bits per heavy atom. The van der Waals surface area contributed by atoms with Crippen molar-refractivity contribution < 1.29 is 9.47 Å². The number of nitrogens with zero attached hydrogens (tertiary/aromatic N) is 2. The Morgan fingerprint density at radius 2 is 1.87 bits per heavy atom. The molecule has 0 fully saturated rings. The maximum Gasteiger partial charge on any atom is 0.213 e. The maximum absolute atomic E-state index is 6.53. The van der Waals surface area contributed by atoms with Crippen LogP contribution in [-0.4, -0.2) is 17.3 Å². The average Bonchev–Trinajstić information content (AvgIpc) is 3.24. The van der Waals surface area contributed by atoms with Crippen molar-refractivity contribution in [2.24, 2.45) is 5.10 Å². The van der Waals surface area contributed by atoms with Gasteiger partial charge in [-0.1, -0.05) is 66.2 Å². The van der Waals surface area contributed by atoms with Gasteiger partial charge >= 0.3 is 0 Å². The Balaban J connectivity index is 1.55. The van der Waals surface area contributed by atoms with Gasteiger partial charge in [0.1, 0.15) is 18.1 Å². The van der Waals surface area contributed by atoms with Crippen molar-refractivity contribution in [2.75, 3.05) is 6.61 Å². The summed E-state index contributed by atoms with van der Waals surface area (Å²) in [4.78, 5) is 0. The molecule has 5 rings (SSSR count). The summed E-state index contributed by atoms with van der Waals surface area (Å²) in [5.41, 5.74) is 4.02. The molecule has 0 aromatic heterocycles. The van der Waals surface area contributed by atoms with Crippen LogP contribution in [0.15, 0.2) is 84.5 Å². The molecule has 0 amide bonds. The number of hydrazone groups is 1. The quantitative estimate of drug-likeness (QED) is 0.400. The third kappa shape index (κ3) is 3.78. The zero-order valence-electron chi connectivity index (χ0n) is 16.7. The van der Waals surface area contributed by atoms with E-state index in [-0.39, 0.29) is 6.04 Å². The van der Waals surface area contributed by atoms with Crippen LogP contribution in [0.3, 0.4) is 0 Å². The highest BCUT2D eigenvalue weighted by molar-refractivity contribution is 6.35. The van der Waals surface area contributed by atoms with Gasteiger partial charge in [-0.2, -0.15) is 5.10 Å². The Morgan fingerprint density at radius 3 is 2.61 bits per heavy atom. The molecule has 0 spiro atoms. The molecule has 4 nitrogen and oxygen atoms in total. The third-order valence-electron chi connectivity index (χ3n) is 5.45. The highest BCUT2D eigenvalue weighted by atomic mass is 35.5. The fourth-order valence-electron chi connectivity index (χ4n) is 4.02. The van der Waals surface area contributed by atoms with Gasteiger partial charge in [0.15, 0.2) is 0 Å². The summed E-state index contributed by atoms with van der Waals surface area (Å²) in [5, 5.41) is 8.07. The maximum atomic E-state index is 6.53. The summed E-state index contributed by atoms with van der Waals surface area (Å²) < 4.78 is 12.0. The van der Waals surface area contributed by atoms with Crippen LogP contribution >= 0.6 is 23.2 Å². The first-order valence-corrected chi connectivity index (χ1v) is 10.8. The fourth-order valence-corrected chi connectivity index (χ4v) is 4.58. The van der Waals surface area contributed by atoms with E-state index in [0.29, 0.717) is 22.4 Å². The van der Waals surface area contributed by atoms with Gasteiger partial charge < -0.3 is 9.47 Å². The van der Waals surface area contributed by atoms with Crippen molar-refractivity contribution in [1.82, 2.24) is 5.01 Å². The molecule has 2 aliphatic rings. The summed E-state index contributed by atoms with van der Waals surface area (Å²) in [7, 11) is 0. The molecule has 0 radical (unpaired) electrons. The Hall–Kier alpha value is -2.95. The van der Waals surface area contributed by atoms with Crippen molar-refractivity contribution >= 4 is 28.9 Å². The minimum atomic E-state index is -0.411. The standard InChI is InChI=1S/C25H20Cl2N2O2/c1-2-12-30-19-10-8-17(9-11-19)25-29-23(15-22(28-29)16-6-4-3-5-7-16)20-13-18(26)14-21(27)24(20)31-25/h2-11,13-14,23,25H,1,12,15H2/t23-,25-/m0/s1. The predicted octanol–water partition coefficient (Wildman–Crippen LogP) is 6.80. The predicted molar refractivity (Wildman–Crippen MR) is 124 cm³/mol. The number of hydrogen-bond acceptors (Lipinski definition) is 4. The van der Waals surface area contributed by atoms with Crippen molar-refractivity contribution in [1.29, 1.82) is 0 Å². The molecule has 0 aliphatic carbocycles. The monoisotopic (exact) mass is 450 g/mol. The Kier molecular flexibility index (Phi) is 5.34. The lowest BCUT2D eigenvalue weighted by Crippen LogP contribution is -2.33. The third-order valence-corrected chi connectivity index (χ3v) is 5.95. The second-order valence-corrected chi connectivity index (χ2v) is 8.30. The summed E-state index contributed by atoms with van der Waals surface area (Å²) in [6.07, 6.45) is 2.05. The molecule has 2 atom stereocenters. The lowest BCUT2D eigenvalue weighted by atomic mass is 9.96. The number of fused-ring (bicyclic) bond motifs is 3. The second kappa shape index (κ2) is 8.29. The van der Waals surface area contributed by atoms with Crippen LogP contribution in [-0.2, 0) is 0 Å². The van der Waals surface area contributed by atoms with Crippen molar-refractivity contribution in [3.05, 3.63) is 106 Å². The van der Waals surface area contributed by atoms with E-state index in [1.807, 2.05) is 53.5 Å². The molecule has 0 saturated carbocycles.